The van der Waals surface area contributed by atoms with Crippen molar-refractivity contribution in [1.82, 2.24) is 5.32 Å². The molecule has 9 heteroatoms. The van der Waals surface area contributed by atoms with E-state index in [1.54, 1.807) is 14.0 Å². The molecule has 2 aromatic rings. The standard InChI is InChI=1S/C31H46N2O6S/c1-23(34)21-38-29-19-32-20-30(31(29)25-7-9-26(10-8-25)36-15-5-17-40-3)39-22-24-6-11-28-27(18-24)33(13-16-37-28)12-4-14-35-2/h6-11,18,23,29-32,34H,4-5,12-17,19-22H2,1-3H3/t23-,29-,30+,31?/m1/s1. The molecule has 0 aromatic heterocycles. The quantitative estimate of drug-likeness (QED) is 0.288. The molecule has 4 rings (SSSR count). The van der Waals surface area contributed by atoms with E-state index >= 15 is 0 Å². The zero-order valence-electron chi connectivity index (χ0n) is 24.2. The average Bonchev–Trinajstić information content (AvgIpc) is 2.98. The van der Waals surface area contributed by atoms with E-state index < -0.39 is 6.10 Å². The van der Waals surface area contributed by atoms with E-state index in [0.717, 1.165) is 79.8 Å². The van der Waals surface area contributed by atoms with Crippen LogP contribution in [0.2, 0.25) is 0 Å². The number of nitrogens with one attached hydrogen (secondary N) is 1. The van der Waals surface area contributed by atoms with Crippen molar-refractivity contribution in [2.75, 3.05) is 76.6 Å². The Bertz CT molecular complexity index is 1010. The van der Waals surface area contributed by atoms with Gasteiger partial charge in [0.2, 0.25) is 0 Å². The number of methoxy groups -OCH3 is 1. The monoisotopic (exact) mass is 574 g/mol. The SMILES string of the molecule is COCCCN1CCOc2ccc(CO[C@H]3CNC[C@@H](OC[C@@H](C)O)C3c3ccc(OCCCSC)cc3)cc21. The van der Waals surface area contributed by atoms with E-state index in [4.69, 9.17) is 23.7 Å². The van der Waals surface area contributed by atoms with E-state index in [9.17, 15) is 5.11 Å². The highest BCUT2D eigenvalue weighted by molar-refractivity contribution is 7.98. The third-order valence-corrected chi connectivity index (χ3v) is 7.99. The maximum absolute atomic E-state index is 9.89. The number of hydrogen-bond donors (Lipinski definition) is 2. The third-order valence-electron chi connectivity index (χ3n) is 7.29. The summed E-state index contributed by atoms with van der Waals surface area (Å²) in [4.78, 5) is 2.37. The number of aliphatic hydroxyl groups excluding tert-OH is 1. The normalized spacial score (nSPS) is 21.5. The molecular weight excluding hydrogens is 528 g/mol. The van der Waals surface area contributed by atoms with Crippen molar-refractivity contribution in [3.63, 3.8) is 0 Å². The fourth-order valence-electron chi connectivity index (χ4n) is 5.30. The molecular formula is C31H46N2O6S. The van der Waals surface area contributed by atoms with Crippen molar-refractivity contribution in [2.24, 2.45) is 0 Å². The first kappa shape index (κ1) is 30.9. The van der Waals surface area contributed by atoms with Crippen LogP contribution in [-0.2, 0) is 20.8 Å². The van der Waals surface area contributed by atoms with Gasteiger partial charge in [-0.2, -0.15) is 11.8 Å². The van der Waals surface area contributed by atoms with Gasteiger partial charge >= 0.3 is 0 Å². The fourth-order valence-corrected chi connectivity index (χ4v) is 5.71. The van der Waals surface area contributed by atoms with Crippen LogP contribution in [0.3, 0.4) is 0 Å². The van der Waals surface area contributed by atoms with Gasteiger partial charge < -0.3 is 39.0 Å². The summed E-state index contributed by atoms with van der Waals surface area (Å²) in [7, 11) is 1.74. The van der Waals surface area contributed by atoms with Crippen LogP contribution in [0.25, 0.3) is 0 Å². The fraction of sp³-hybridized carbons (Fsp3) is 0.613. The lowest BCUT2D eigenvalue weighted by Crippen LogP contribution is -2.51. The van der Waals surface area contributed by atoms with Crippen LogP contribution in [0.1, 0.15) is 36.8 Å². The highest BCUT2D eigenvalue weighted by Gasteiger charge is 2.36. The first-order valence-electron chi connectivity index (χ1n) is 14.4. The van der Waals surface area contributed by atoms with Crippen LogP contribution in [0.5, 0.6) is 11.5 Å². The topological polar surface area (TPSA) is 81.7 Å². The predicted octanol–water partition coefficient (Wildman–Crippen LogP) is 4.09. The van der Waals surface area contributed by atoms with E-state index in [2.05, 4.69) is 46.8 Å². The zero-order valence-corrected chi connectivity index (χ0v) is 25.0. The first-order valence-corrected chi connectivity index (χ1v) is 15.8. The van der Waals surface area contributed by atoms with Gasteiger partial charge in [0.15, 0.2) is 0 Å². The summed E-state index contributed by atoms with van der Waals surface area (Å²) >= 11 is 1.83. The van der Waals surface area contributed by atoms with Gasteiger partial charge in [-0.15, -0.1) is 0 Å². The molecule has 0 saturated carbocycles. The Morgan fingerprint density at radius 3 is 2.62 bits per heavy atom. The Kier molecular flexibility index (Phi) is 12.7. The molecule has 2 aliphatic heterocycles. The molecule has 2 N–H and O–H groups in total. The van der Waals surface area contributed by atoms with E-state index in [0.29, 0.717) is 19.8 Å². The van der Waals surface area contributed by atoms with Crippen LogP contribution in [0.4, 0.5) is 5.69 Å². The van der Waals surface area contributed by atoms with E-state index in [1.807, 2.05) is 23.9 Å². The molecule has 8 nitrogen and oxygen atoms in total. The van der Waals surface area contributed by atoms with Gasteiger partial charge in [-0.05, 0) is 67.2 Å². The van der Waals surface area contributed by atoms with Gasteiger partial charge in [-0.1, -0.05) is 18.2 Å². The Hall–Kier alpha value is -2.01. The highest BCUT2D eigenvalue weighted by Crippen LogP contribution is 2.35. The lowest BCUT2D eigenvalue weighted by molar-refractivity contribution is -0.0752. The summed E-state index contributed by atoms with van der Waals surface area (Å²) in [5, 5.41) is 13.4. The molecule has 0 radical (unpaired) electrons. The van der Waals surface area contributed by atoms with Crippen LogP contribution < -0.4 is 19.7 Å². The van der Waals surface area contributed by atoms with Crippen LogP contribution >= 0.6 is 11.8 Å². The number of anilines is 1. The predicted molar refractivity (Wildman–Crippen MR) is 161 cm³/mol. The summed E-state index contributed by atoms with van der Waals surface area (Å²) in [6.07, 6.45) is 3.38. The second kappa shape index (κ2) is 16.4. The van der Waals surface area contributed by atoms with Gasteiger partial charge in [-0.25, -0.2) is 0 Å². The molecule has 2 heterocycles. The lowest BCUT2D eigenvalue weighted by atomic mass is 9.85. The molecule has 2 aliphatic rings. The number of piperidine rings is 1. The number of aliphatic hydroxyl groups is 1. The maximum Gasteiger partial charge on any atom is 0.142 e. The molecule has 1 unspecified atom stereocenters. The molecule has 0 amide bonds. The summed E-state index contributed by atoms with van der Waals surface area (Å²) in [5.41, 5.74) is 3.38. The number of ether oxygens (including phenoxy) is 5. The minimum absolute atomic E-state index is 0.0250. The summed E-state index contributed by atoms with van der Waals surface area (Å²) in [6, 6.07) is 14.7. The number of fused-ring (bicyclic) bond motifs is 1. The van der Waals surface area contributed by atoms with Gasteiger partial charge in [0.05, 0.1) is 50.4 Å². The summed E-state index contributed by atoms with van der Waals surface area (Å²) in [5.74, 6) is 2.92. The molecule has 0 bridgehead atoms. The van der Waals surface area contributed by atoms with Crippen LogP contribution in [-0.4, -0.2) is 95.1 Å². The molecule has 2 aromatic carbocycles. The smallest absolute Gasteiger partial charge is 0.142 e. The zero-order chi connectivity index (χ0) is 28.2. The Labute approximate surface area is 243 Å². The molecule has 1 fully saturated rings. The molecule has 40 heavy (non-hydrogen) atoms. The van der Waals surface area contributed by atoms with E-state index in [-0.39, 0.29) is 24.7 Å². The number of benzene rings is 2. The minimum Gasteiger partial charge on any atom is -0.494 e. The van der Waals surface area contributed by atoms with Crippen molar-refractivity contribution in [3.8, 4) is 11.5 Å². The number of nitrogens with zero attached hydrogens (tertiary/aromatic N) is 1. The van der Waals surface area contributed by atoms with E-state index in [1.165, 1.54) is 0 Å². The van der Waals surface area contributed by atoms with Crippen LogP contribution in [0.15, 0.2) is 42.5 Å². The largest absolute Gasteiger partial charge is 0.494 e. The van der Waals surface area contributed by atoms with Gasteiger partial charge in [-0.3, -0.25) is 0 Å². The lowest BCUT2D eigenvalue weighted by Gasteiger charge is -2.39. The van der Waals surface area contributed by atoms with Crippen LogP contribution in [0, 0.1) is 0 Å². The molecule has 1 saturated heterocycles. The molecule has 4 atom stereocenters. The number of rotatable bonds is 16. The maximum atomic E-state index is 9.89. The van der Waals surface area contributed by atoms with Crippen molar-refractivity contribution >= 4 is 17.4 Å². The Morgan fingerprint density at radius 2 is 1.88 bits per heavy atom. The van der Waals surface area contributed by atoms with Crippen molar-refractivity contribution in [2.45, 2.75) is 50.6 Å². The van der Waals surface area contributed by atoms with Gasteiger partial charge in [0.25, 0.3) is 0 Å². The molecule has 0 aliphatic carbocycles. The van der Waals surface area contributed by atoms with Crippen molar-refractivity contribution < 1.29 is 28.8 Å². The number of thioether (sulfide) groups is 1. The molecule has 0 spiro atoms. The van der Waals surface area contributed by atoms with Gasteiger partial charge in [0, 0.05) is 39.3 Å². The summed E-state index contributed by atoms with van der Waals surface area (Å²) in [6.45, 7) is 7.92. The Balaban J connectivity index is 1.45. The number of hydrogen-bond acceptors (Lipinski definition) is 9. The second-order valence-corrected chi connectivity index (χ2v) is 11.5. The first-order chi connectivity index (χ1) is 19.6. The average molecular weight is 575 g/mol. The molecule has 222 valence electrons. The van der Waals surface area contributed by atoms with Crippen molar-refractivity contribution in [3.05, 3.63) is 53.6 Å². The highest BCUT2D eigenvalue weighted by atomic mass is 32.2. The Morgan fingerprint density at radius 1 is 1.07 bits per heavy atom. The minimum atomic E-state index is -0.524. The van der Waals surface area contributed by atoms with Gasteiger partial charge in [0.1, 0.15) is 18.1 Å². The van der Waals surface area contributed by atoms with Crippen molar-refractivity contribution in [1.29, 1.82) is 0 Å². The summed E-state index contributed by atoms with van der Waals surface area (Å²) < 4.78 is 29.9. The third kappa shape index (κ3) is 8.99. The second-order valence-electron chi connectivity index (χ2n) is 10.5.